The Kier molecular flexibility index (Phi) is 47.3. The van der Waals surface area contributed by atoms with E-state index in [1.807, 2.05) is 0 Å². The van der Waals surface area contributed by atoms with E-state index in [0.717, 1.165) is 0 Å². The molecule has 0 aliphatic carbocycles. The summed E-state index contributed by atoms with van der Waals surface area (Å²) in [5.41, 5.74) is 0. The molecular weight excluding hydrogens is 377 g/mol. The molecule has 0 aromatic rings. The maximum atomic E-state index is 8.47. The average Bonchev–Trinajstić information content (AvgIpc) is 1.54. The molecule has 0 unspecified atom stereocenters. The predicted molar refractivity (Wildman–Crippen MR) is 25.2 cm³/mol. The summed E-state index contributed by atoms with van der Waals surface area (Å²) in [4.78, 5) is 25.4. The minimum absolute atomic E-state index is 0. The van der Waals surface area contributed by atoms with Crippen molar-refractivity contribution in [1.29, 1.82) is 0 Å². The van der Waals surface area contributed by atoms with Gasteiger partial charge in [-0.25, -0.2) is 31.2 Å². The van der Waals surface area contributed by atoms with Gasteiger partial charge in [-0.2, -0.15) is 0 Å². The van der Waals surface area contributed by atoms with Crippen molar-refractivity contribution in [3.8, 4) is 0 Å². The van der Waals surface area contributed by atoms with Crippen molar-refractivity contribution >= 4 is 0 Å². The second-order valence-corrected chi connectivity index (χ2v) is 0.758. The van der Waals surface area contributed by atoms with Gasteiger partial charge in [0.15, 0.2) is 0 Å². The van der Waals surface area contributed by atoms with Crippen molar-refractivity contribution in [3.63, 3.8) is 0 Å². The molecule has 0 bridgehead atoms. The molecule has 0 aliphatic rings. The molecule has 0 aromatic carbocycles. The molecule has 8 N–H and O–H groups in total. The van der Waals surface area contributed by atoms with Crippen LogP contribution in [-0.2, 0) is 0 Å². The molecule has 0 spiro atoms. The van der Waals surface area contributed by atoms with Crippen molar-refractivity contribution in [3.05, 3.63) is 14.7 Å². The van der Waals surface area contributed by atoms with Gasteiger partial charge in [-0.05, 0) is 0 Å². The second kappa shape index (κ2) is 22.6. The van der Waals surface area contributed by atoms with Crippen LogP contribution in [0.5, 0.6) is 0 Å². The van der Waals surface area contributed by atoms with E-state index in [2.05, 4.69) is 0 Å². The number of rotatable bonds is 0. The molecule has 0 saturated carbocycles. The van der Waals surface area contributed by atoms with Crippen LogP contribution in [0.15, 0.2) is 0 Å². The van der Waals surface area contributed by atoms with Crippen molar-refractivity contribution < 1.29 is 88.9 Å². The summed E-state index contributed by atoms with van der Waals surface area (Å²) in [6, 6.07) is 0. The zero-order chi connectivity index (χ0) is 10.7. The van der Waals surface area contributed by atoms with Gasteiger partial charge in [0, 0.05) is 36.9 Å². The molecule has 0 rings (SSSR count). The zero-order valence-electron chi connectivity index (χ0n) is 6.01. The molecule has 13 nitrogen and oxygen atoms in total. The fraction of sp³-hybridized carbons (Fsp3) is 0. The summed E-state index contributed by atoms with van der Waals surface area (Å²) in [7, 11) is 0. The molecule has 0 fully saturated rings. The molecular formula is H8LuN3O10+3. The van der Waals surface area contributed by atoms with Gasteiger partial charge in [0.05, 0.1) is 0 Å². The predicted octanol–water partition coefficient (Wildman–Crippen LogP) is -2.19. The first kappa shape index (κ1) is 29.3. The van der Waals surface area contributed by atoms with Crippen LogP contribution in [0.3, 0.4) is 0 Å². The molecule has 14 heteroatoms. The summed E-state index contributed by atoms with van der Waals surface area (Å²) in [6.07, 6.45) is 0. The van der Waals surface area contributed by atoms with Crippen molar-refractivity contribution in [1.82, 2.24) is 0 Å². The molecule has 1 radical (unpaired) electrons. The Hall–Kier alpha value is -1.21. The fourth-order valence-corrected chi connectivity index (χ4v) is 0. The minimum Gasteiger partial charge on any atom is -0.412 e. The third-order valence-corrected chi connectivity index (χ3v) is 0. The van der Waals surface area contributed by atoms with Crippen LogP contribution < -0.4 is 0 Å². The van der Waals surface area contributed by atoms with Crippen molar-refractivity contribution in [2.45, 2.75) is 0 Å². The van der Waals surface area contributed by atoms with Gasteiger partial charge in [-0.15, -0.1) is 0 Å². The Morgan fingerprint density at radius 1 is 0.571 bits per heavy atom. The quantitative estimate of drug-likeness (QED) is 0.249. The number of nitrogens with zero attached hydrogens (tertiary/aromatic N) is 3. The summed E-state index contributed by atoms with van der Waals surface area (Å²) < 4.78 is 0. The van der Waals surface area contributed by atoms with E-state index in [0.29, 0.717) is 0 Å². The molecule has 0 saturated heterocycles. The first-order valence-electron chi connectivity index (χ1n) is 1.75. The van der Waals surface area contributed by atoms with Gasteiger partial charge in [-0.1, -0.05) is 0 Å². The third-order valence-electron chi connectivity index (χ3n) is 0. The molecule has 0 heterocycles. The van der Waals surface area contributed by atoms with Gasteiger partial charge in [0.25, 0.3) is 0 Å². The number of hydrogen-bond acceptors (Lipinski definition) is 3. The summed E-state index contributed by atoms with van der Waals surface area (Å²) in [5.74, 6) is 0. The molecule has 14 heavy (non-hydrogen) atoms. The van der Waals surface area contributed by atoms with Crippen LogP contribution in [0.25, 0.3) is 0 Å². The third kappa shape index (κ3) is 712. The van der Waals surface area contributed by atoms with E-state index >= 15 is 0 Å². The van der Waals surface area contributed by atoms with E-state index in [4.69, 9.17) is 46.0 Å². The van der Waals surface area contributed by atoms with Crippen LogP contribution in [0.1, 0.15) is 0 Å². The minimum atomic E-state index is -1.25. The molecule has 0 atom stereocenters. The Morgan fingerprint density at radius 3 is 0.571 bits per heavy atom. The molecule has 0 aromatic heterocycles. The summed E-state index contributed by atoms with van der Waals surface area (Å²) >= 11 is 0. The Bertz CT molecular complexity index is 113. The Balaban J connectivity index is -0.0000000270. The first-order valence-corrected chi connectivity index (χ1v) is 1.75. The molecule has 0 aliphatic heterocycles. The summed E-state index contributed by atoms with van der Waals surface area (Å²) in [6.45, 7) is 0. The second-order valence-electron chi connectivity index (χ2n) is 0.758. The van der Waals surface area contributed by atoms with E-state index in [1.165, 1.54) is 0 Å². The largest absolute Gasteiger partial charge is 0.472 e. The smallest absolute Gasteiger partial charge is 0.412 e. The average molecular weight is 385 g/mol. The standard InChI is InChI=1S/Lu.3H2NO3.H2O/c;3*2-1(3)4;/h;3*(H2,2,3,4);1H2/q;3*+1;. The van der Waals surface area contributed by atoms with Crippen molar-refractivity contribution in [2.24, 2.45) is 0 Å². The van der Waals surface area contributed by atoms with E-state index in [1.54, 1.807) is 0 Å². The Morgan fingerprint density at radius 2 is 0.571 bits per heavy atom. The van der Waals surface area contributed by atoms with Gasteiger partial charge in [0.1, 0.15) is 14.7 Å². The van der Waals surface area contributed by atoms with Crippen LogP contribution >= 0.6 is 0 Å². The SMILES string of the molecule is O.O=[N+](O)O.O=[N+](O)O.O=[N+](O)O.[Lu]. The van der Waals surface area contributed by atoms with Gasteiger partial charge < -0.3 is 5.48 Å². The van der Waals surface area contributed by atoms with Crippen LogP contribution in [0, 0.1) is 51.6 Å². The van der Waals surface area contributed by atoms with E-state index in [9.17, 15) is 0 Å². The maximum Gasteiger partial charge on any atom is 0.472 e. The van der Waals surface area contributed by atoms with Crippen molar-refractivity contribution in [2.75, 3.05) is 0 Å². The van der Waals surface area contributed by atoms with Crippen LogP contribution in [0.2, 0.25) is 0 Å². The van der Waals surface area contributed by atoms with E-state index in [-0.39, 0.29) is 42.4 Å². The van der Waals surface area contributed by atoms with Gasteiger partial charge in [0.2, 0.25) is 0 Å². The monoisotopic (exact) mass is 385 g/mol. The number of hydrogen-bond donors (Lipinski definition) is 6. The normalized spacial score (nSPS) is 5.14. The first-order chi connectivity index (χ1) is 5.20. The van der Waals surface area contributed by atoms with Crippen LogP contribution in [-0.4, -0.2) is 52.0 Å². The Labute approximate surface area is 103 Å². The topological polar surface area (TPSA) is 213 Å². The van der Waals surface area contributed by atoms with Gasteiger partial charge >= 0.3 is 15.3 Å². The zero-order valence-corrected chi connectivity index (χ0v) is 7.66. The fourth-order valence-electron chi connectivity index (χ4n) is 0. The maximum absolute atomic E-state index is 8.47. The van der Waals surface area contributed by atoms with Crippen LogP contribution in [0.4, 0.5) is 0 Å². The van der Waals surface area contributed by atoms with Gasteiger partial charge in [-0.3, -0.25) is 0 Å². The summed E-state index contributed by atoms with van der Waals surface area (Å²) in [5, 5.41) is 37.6. The van der Waals surface area contributed by atoms with E-state index < -0.39 is 15.3 Å². The molecule has 95 valence electrons. The molecule has 0 amide bonds.